The molecule has 0 amide bonds. The Balaban J connectivity index is 0.00000225. The smallest absolute Gasteiger partial charge is 0.191 e. The lowest BCUT2D eigenvalue weighted by Gasteiger charge is -2.25. The topological polar surface area (TPSA) is 45.7 Å². The van der Waals surface area contributed by atoms with Crippen molar-refractivity contribution in [3.63, 3.8) is 0 Å². The van der Waals surface area contributed by atoms with Gasteiger partial charge in [0.2, 0.25) is 0 Å². The average molecular weight is 475 g/mol. The molecule has 1 saturated carbocycles. The summed E-state index contributed by atoms with van der Waals surface area (Å²) in [6, 6.07) is 8.93. The van der Waals surface area contributed by atoms with Crippen LogP contribution in [0.2, 0.25) is 0 Å². The van der Waals surface area contributed by atoms with E-state index in [2.05, 4.69) is 42.0 Å². The van der Waals surface area contributed by atoms with Crippen LogP contribution in [0, 0.1) is 0 Å². The summed E-state index contributed by atoms with van der Waals surface area (Å²) >= 11 is 1.99. The maximum atomic E-state index is 5.76. The van der Waals surface area contributed by atoms with Crippen LogP contribution in [0.3, 0.4) is 0 Å². The van der Waals surface area contributed by atoms with Crippen LogP contribution in [-0.4, -0.2) is 43.2 Å². The monoisotopic (exact) mass is 475 g/mol. The first-order valence-corrected chi connectivity index (χ1v) is 10.4. The second kappa shape index (κ2) is 10.5. The first-order chi connectivity index (χ1) is 11.8. The molecule has 0 spiro atoms. The molecule has 25 heavy (non-hydrogen) atoms. The summed E-state index contributed by atoms with van der Waals surface area (Å²) in [5.41, 5.74) is 1.30. The zero-order chi connectivity index (χ0) is 16.8. The Morgan fingerprint density at radius 1 is 1.28 bits per heavy atom. The standard InChI is InChI=1S/C19H29N3OS.HI/c1-3-20-19(22-15-8-9-16(12-15)24-2)21-13-14-10-11-23-18-7-5-4-6-17(14)18;/h4-7,14-16H,3,8-13H2,1-2H3,(H2,20,21,22);1H. The first-order valence-electron chi connectivity index (χ1n) is 9.09. The van der Waals surface area contributed by atoms with Crippen molar-refractivity contribution in [2.75, 3.05) is 26.0 Å². The normalized spacial score (nSPS) is 25.5. The van der Waals surface area contributed by atoms with Gasteiger partial charge in [-0.05, 0) is 50.5 Å². The van der Waals surface area contributed by atoms with Gasteiger partial charge in [-0.25, -0.2) is 0 Å². The van der Waals surface area contributed by atoms with E-state index in [4.69, 9.17) is 9.73 Å². The Bertz CT molecular complexity index is 569. The van der Waals surface area contributed by atoms with Crippen molar-refractivity contribution in [1.82, 2.24) is 10.6 Å². The summed E-state index contributed by atoms with van der Waals surface area (Å²) < 4.78 is 5.76. The number of benzene rings is 1. The number of fused-ring (bicyclic) bond motifs is 1. The lowest BCUT2D eigenvalue weighted by molar-refractivity contribution is 0.269. The molecule has 1 aliphatic carbocycles. The third-order valence-electron chi connectivity index (χ3n) is 4.96. The second-order valence-electron chi connectivity index (χ2n) is 6.60. The summed E-state index contributed by atoms with van der Waals surface area (Å²) in [5, 5.41) is 7.84. The molecule has 0 aromatic heterocycles. The van der Waals surface area contributed by atoms with E-state index >= 15 is 0 Å². The van der Waals surface area contributed by atoms with Crippen LogP contribution in [0.5, 0.6) is 5.75 Å². The van der Waals surface area contributed by atoms with E-state index in [0.717, 1.165) is 43.1 Å². The van der Waals surface area contributed by atoms with Crippen molar-refractivity contribution < 1.29 is 4.74 Å². The fraction of sp³-hybridized carbons (Fsp3) is 0.632. The highest BCUT2D eigenvalue weighted by atomic mass is 127. The number of hydrogen-bond acceptors (Lipinski definition) is 3. The molecule has 1 heterocycles. The van der Waals surface area contributed by atoms with Crippen molar-refractivity contribution in [1.29, 1.82) is 0 Å². The van der Waals surface area contributed by atoms with Gasteiger partial charge >= 0.3 is 0 Å². The molecular formula is C19H30IN3OS. The molecule has 6 heteroatoms. The van der Waals surface area contributed by atoms with Gasteiger partial charge in [0.15, 0.2) is 5.96 Å². The van der Waals surface area contributed by atoms with Crippen molar-refractivity contribution in [3.05, 3.63) is 29.8 Å². The molecular weight excluding hydrogens is 445 g/mol. The van der Waals surface area contributed by atoms with Crippen molar-refractivity contribution in [2.45, 2.75) is 49.8 Å². The maximum Gasteiger partial charge on any atom is 0.191 e. The molecule has 2 N–H and O–H groups in total. The summed E-state index contributed by atoms with van der Waals surface area (Å²) in [4.78, 5) is 4.88. The maximum absolute atomic E-state index is 5.76. The Hall–Kier alpha value is -0.630. The van der Waals surface area contributed by atoms with E-state index in [1.165, 1.54) is 24.8 Å². The zero-order valence-corrected chi connectivity index (χ0v) is 18.3. The molecule has 4 nitrogen and oxygen atoms in total. The highest BCUT2D eigenvalue weighted by molar-refractivity contribution is 14.0. The number of halogens is 1. The van der Waals surface area contributed by atoms with Gasteiger partial charge in [-0.1, -0.05) is 18.2 Å². The number of nitrogens with zero attached hydrogens (tertiary/aromatic N) is 1. The number of ether oxygens (including phenoxy) is 1. The third kappa shape index (κ3) is 5.67. The number of guanidine groups is 1. The van der Waals surface area contributed by atoms with Gasteiger partial charge in [0, 0.05) is 30.3 Å². The van der Waals surface area contributed by atoms with Crippen molar-refractivity contribution in [2.24, 2.45) is 4.99 Å². The van der Waals surface area contributed by atoms with Crippen LogP contribution >= 0.6 is 35.7 Å². The third-order valence-corrected chi connectivity index (χ3v) is 6.05. The van der Waals surface area contributed by atoms with Gasteiger partial charge < -0.3 is 15.4 Å². The first kappa shape index (κ1) is 20.7. The molecule has 0 radical (unpaired) electrons. The van der Waals surface area contributed by atoms with Crippen LogP contribution in [0.4, 0.5) is 0 Å². The largest absolute Gasteiger partial charge is 0.493 e. The van der Waals surface area contributed by atoms with Gasteiger partial charge in [-0.2, -0.15) is 11.8 Å². The summed E-state index contributed by atoms with van der Waals surface area (Å²) in [6.45, 7) is 4.63. The Morgan fingerprint density at radius 2 is 2.12 bits per heavy atom. The predicted molar refractivity (Wildman–Crippen MR) is 119 cm³/mol. The average Bonchev–Trinajstić information content (AvgIpc) is 3.07. The van der Waals surface area contributed by atoms with Crippen LogP contribution in [-0.2, 0) is 0 Å². The number of aliphatic imine (C=N–C) groups is 1. The number of nitrogens with one attached hydrogen (secondary N) is 2. The van der Waals surface area contributed by atoms with E-state index in [1.54, 1.807) is 0 Å². The second-order valence-corrected chi connectivity index (χ2v) is 7.74. The minimum Gasteiger partial charge on any atom is -0.493 e. The number of thioether (sulfide) groups is 1. The molecule has 1 fully saturated rings. The molecule has 1 aromatic carbocycles. The molecule has 1 aliphatic heterocycles. The van der Waals surface area contributed by atoms with Crippen LogP contribution < -0.4 is 15.4 Å². The lowest BCUT2D eigenvalue weighted by Crippen LogP contribution is -2.42. The van der Waals surface area contributed by atoms with E-state index in [9.17, 15) is 0 Å². The molecule has 3 unspecified atom stereocenters. The van der Waals surface area contributed by atoms with Crippen molar-refractivity contribution in [3.8, 4) is 5.75 Å². The SMILES string of the molecule is CCNC(=NCC1CCOc2ccccc21)NC1CCC(SC)C1.I. The number of hydrogen-bond donors (Lipinski definition) is 2. The van der Waals surface area contributed by atoms with E-state index in [-0.39, 0.29) is 24.0 Å². The molecule has 140 valence electrons. The quantitative estimate of drug-likeness (QED) is 0.384. The Morgan fingerprint density at radius 3 is 2.88 bits per heavy atom. The predicted octanol–water partition coefficient (Wildman–Crippen LogP) is 4.01. The number of para-hydroxylation sites is 1. The zero-order valence-electron chi connectivity index (χ0n) is 15.2. The van der Waals surface area contributed by atoms with Gasteiger partial charge in [-0.3, -0.25) is 4.99 Å². The summed E-state index contributed by atoms with van der Waals surface area (Å²) in [6.07, 6.45) is 7.06. The lowest BCUT2D eigenvalue weighted by atomic mass is 9.93. The van der Waals surface area contributed by atoms with Crippen molar-refractivity contribution >= 4 is 41.7 Å². The highest BCUT2D eigenvalue weighted by Crippen LogP contribution is 2.33. The minimum atomic E-state index is 0. The van der Waals surface area contributed by atoms with Gasteiger partial charge in [0.05, 0.1) is 6.61 Å². The van der Waals surface area contributed by atoms with E-state index < -0.39 is 0 Å². The fourth-order valence-corrected chi connectivity index (χ4v) is 4.40. The summed E-state index contributed by atoms with van der Waals surface area (Å²) in [5.74, 6) is 2.45. The molecule has 3 atom stereocenters. The molecule has 2 aliphatic rings. The Kier molecular flexibility index (Phi) is 8.69. The fourth-order valence-electron chi connectivity index (χ4n) is 3.61. The van der Waals surface area contributed by atoms with Gasteiger partial charge in [0.25, 0.3) is 0 Å². The molecule has 3 rings (SSSR count). The molecule has 0 bridgehead atoms. The number of rotatable bonds is 5. The highest BCUT2D eigenvalue weighted by Gasteiger charge is 2.25. The minimum absolute atomic E-state index is 0. The summed E-state index contributed by atoms with van der Waals surface area (Å²) in [7, 11) is 0. The molecule has 0 saturated heterocycles. The van der Waals surface area contributed by atoms with Gasteiger partial charge in [0.1, 0.15) is 5.75 Å². The Labute approximate surface area is 173 Å². The molecule has 1 aromatic rings. The van der Waals surface area contributed by atoms with Gasteiger partial charge in [-0.15, -0.1) is 24.0 Å². The van der Waals surface area contributed by atoms with E-state index in [1.807, 2.05) is 17.8 Å². The van der Waals surface area contributed by atoms with Crippen LogP contribution in [0.15, 0.2) is 29.3 Å². The van der Waals surface area contributed by atoms with E-state index in [0.29, 0.717) is 12.0 Å². The van der Waals surface area contributed by atoms with Crippen LogP contribution in [0.1, 0.15) is 44.1 Å². The van der Waals surface area contributed by atoms with Crippen LogP contribution in [0.25, 0.3) is 0 Å².